The first kappa shape index (κ1) is 16.3. The van der Waals surface area contributed by atoms with E-state index in [1.54, 1.807) is 24.3 Å². The van der Waals surface area contributed by atoms with E-state index < -0.39 is 10.0 Å². The van der Waals surface area contributed by atoms with Crippen LogP contribution < -0.4 is 9.46 Å². The van der Waals surface area contributed by atoms with E-state index in [0.29, 0.717) is 31.2 Å². The van der Waals surface area contributed by atoms with Crippen LogP contribution in [0.25, 0.3) is 0 Å². The van der Waals surface area contributed by atoms with E-state index in [4.69, 9.17) is 16.3 Å². The zero-order chi connectivity index (χ0) is 14.1. The fourth-order valence-corrected chi connectivity index (χ4v) is 2.61. The van der Waals surface area contributed by atoms with E-state index in [1.807, 2.05) is 0 Å². The number of alkyl halides is 1. The minimum atomic E-state index is -3.44. The molecule has 0 unspecified atom stereocenters. The quantitative estimate of drug-likeness (QED) is 0.564. The molecule has 0 saturated heterocycles. The monoisotopic (exact) mass is 305 g/mol. The van der Waals surface area contributed by atoms with Gasteiger partial charge in [0, 0.05) is 12.4 Å². The molecule has 0 aromatic heterocycles. The summed E-state index contributed by atoms with van der Waals surface area (Å²) in [6.07, 6.45) is 2.66. The van der Waals surface area contributed by atoms with Gasteiger partial charge in [-0.3, -0.25) is 0 Å². The molecule has 0 atom stereocenters. The van der Waals surface area contributed by atoms with Crippen molar-refractivity contribution >= 4 is 21.6 Å². The summed E-state index contributed by atoms with van der Waals surface area (Å²) < 4.78 is 31.7. The van der Waals surface area contributed by atoms with Crippen LogP contribution in [0, 0.1) is 0 Å². The van der Waals surface area contributed by atoms with Crippen LogP contribution in [-0.2, 0) is 10.0 Å². The Balaban J connectivity index is 2.59. The Morgan fingerprint density at radius 3 is 2.47 bits per heavy atom. The first-order valence-corrected chi connectivity index (χ1v) is 8.40. The van der Waals surface area contributed by atoms with Crippen molar-refractivity contribution in [1.29, 1.82) is 0 Å². The summed E-state index contributed by atoms with van der Waals surface area (Å²) in [7, 11) is -3.44. The van der Waals surface area contributed by atoms with Gasteiger partial charge in [-0.05, 0) is 37.1 Å². The average Bonchev–Trinajstić information content (AvgIpc) is 2.40. The molecule has 0 bridgehead atoms. The highest BCUT2D eigenvalue weighted by molar-refractivity contribution is 7.89. The minimum Gasteiger partial charge on any atom is -0.494 e. The van der Waals surface area contributed by atoms with Crippen molar-refractivity contribution in [2.75, 3.05) is 19.0 Å². The third-order valence-electron chi connectivity index (χ3n) is 2.50. The van der Waals surface area contributed by atoms with Crippen LogP contribution in [0.3, 0.4) is 0 Å². The molecule has 19 heavy (non-hydrogen) atoms. The Labute approximate surface area is 120 Å². The van der Waals surface area contributed by atoms with Gasteiger partial charge in [0.1, 0.15) is 5.75 Å². The van der Waals surface area contributed by atoms with Crippen LogP contribution in [0.2, 0.25) is 0 Å². The molecule has 108 valence electrons. The molecular weight excluding hydrogens is 286 g/mol. The number of benzene rings is 1. The van der Waals surface area contributed by atoms with Crippen LogP contribution >= 0.6 is 11.6 Å². The molecule has 0 spiro atoms. The summed E-state index contributed by atoms with van der Waals surface area (Å²) in [5.41, 5.74) is 0. The molecule has 0 radical (unpaired) electrons. The van der Waals surface area contributed by atoms with Crippen LogP contribution in [0.15, 0.2) is 29.2 Å². The van der Waals surface area contributed by atoms with Crippen molar-refractivity contribution in [3.05, 3.63) is 24.3 Å². The van der Waals surface area contributed by atoms with E-state index in [1.165, 1.54) is 0 Å². The molecule has 1 rings (SSSR count). The summed E-state index contributed by atoms with van der Waals surface area (Å²) in [5, 5.41) is 0. The standard InChI is InChI=1S/C13H20ClNO3S/c1-2-3-11-18-12-5-7-13(8-6-12)19(16,17)15-10-4-9-14/h5-8,15H,2-4,9-11H2,1H3. The lowest BCUT2D eigenvalue weighted by atomic mass is 10.3. The summed E-state index contributed by atoms with van der Waals surface area (Å²) in [6, 6.07) is 6.44. The molecule has 1 aromatic rings. The van der Waals surface area contributed by atoms with E-state index in [2.05, 4.69) is 11.6 Å². The molecule has 0 fully saturated rings. The predicted molar refractivity (Wildman–Crippen MR) is 77.4 cm³/mol. The van der Waals surface area contributed by atoms with Crippen molar-refractivity contribution < 1.29 is 13.2 Å². The Morgan fingerprint density at radius 2 is 1.89 bits per heavy atom. The summed E-state index contributed by atoms with van der Waals surface area (Å²) in [5.74, 6) is 1.13. The van der Waals surface area contributed by atoms with Crippen LogP contribution in [0.4, 0.5) is 0 Å². The largest absolute Gasteiger partial charge is 0.494 e. The van der Waals surface area contributed by atoms with E-state index in [-0.39, 0.29) is 4.90 Å². The summed E-state index contributed by atoms with van der Waals surface area (Å²) in [4.78, 5) is 0.241. The maximum atomic E-state index is 11.9. The number of ether oxygens (including phenoxy) is 1. The SMILES string of the molecule is CCCCOc1ccc(S(=O)(=O)NCCCCl)cc1. The third-order valence-corrected chi connectivity index (χ3v) is 4.25. The van der Waals surface area contributed by atoms with Gasteiger partial charge in [-0.2, -0.15) is 0 Å². The molecule has 0 saturated carbocycles. The second-order valence-electron chi connectivity index (χ2n) is 4.11. The Hall–Kier alpha value is -0.780. The number of sulfonamides is 1. The fourth-order valence-electron chi connectivity index (χ4n) is 1.41. The average molecular weight is 306 g/mol. The number of nitrogens with one attached hydrogen (secondary N) is 1. The Morgan fingerprint density at radius 1 is 1.21 bits per heavy atom. The number of halogens is 1. The lowest BCUT2D eigenvalue weighted by Crippen LogP contribution is -2.24. The lowest BCUT2D eigenvalue weighted by molar-refractivity contribution is 0.309. The smallest absolute Gasteiger partial charge is 0.240 e. The minimum absolute atomic E-state index is 0.241. The number of unbranched alkanes of at least 4 members (excludes halogenated alkanes) is 1. The van der Waals surface area contributed by atoms with Crippen LogP contribution in [-0.4, -0.2) is 27.4 Å². The van der Waals surface area contributed by atoms with Gasteiger partial charge in [0.05, 0.1) is 11.5 Å². The molecule has 4 nitrogen and oxygen atoms in total. The fraction of sp³-hybridized carbons (Fsp3) is 0.538. The summed E-state index contributed by atoms with van der Waals surface area (Å²) >= 11 is 5.51. The zero-order valence-corrected chi connectivity index (χ0v) is 12.6. The molecule has 1 aromatic carbocycles. The number of hydrogen-bond donors (Lipinski definition) is 1. The predicted octanol–water partition coefficient (Wildman–Crippen LogP) is 2.77. The van der Waals surface area contributed by atoms with Crippen molar-refractivity contribution in [2.45, 2.75) is 31.1 Å². The van der Waals surface area contributed by atoms with Gasteiger partial charge >= 0.3 is 0 Å². The third kappa shape index (κ3) is 5.80. The molecule has 0 amide bonds. The van der Waals surface area contributed by atoms with Gasteiger partial charge in [-0.15, -0.1) is 11.6 Å². The van der Waals surface area contributed by atoms with E-state index in [9.17, 15) is 8.42 Å². The molecular formula is C13H20ClNO3S. The van der Waals surface area contributed by atoms with Gasteiger partial charge < -0.3 is 4.74 Å². The highest BCUT2D eigenvalue weighted by atomic mass is 35.5. The van der Waals surface area contributed by atoms with Crippen LogP contribution in [0.1, 0.15) is 26.2 Å². The lowest BCUT2D eigenvalue weighted by Gasteiger charge is -2.08. The van der Waals surface area contributed by atoms with Gasteiger partial charge in [0.15, 0.2) is 0 Å². The van der Waals surface area contributed by atoms with E-state index in [0.717, 1.165) is 12.8 Å². The van der Waals surface area contributed by atoms with Gasteiger partial charge in [0.25, 0.3) is 0 Å². The number of hydrogen-bond acceptors (Lipinski definition) is 3. The maximum Gasteiger partial charge on any atom is 0.240 e. The zero-order valence-electron chi connectivity index (χ0n) is 11.1. The topological polar surface area (TPSA) is 55.4 Å². The normalized spacial score (nSPS) is 11.5. The molecule has 0 heterocycles. The van der Waals surface area contributed by atoms with Crippen molar-refractivity contribution in [3.8, 4) is 5.75 Å². The van der Waals surface area contributed by atoms with Crippen LogP contribution in [0.5, 0.6) is 5.75 Å². The Bertz CT molecular complexity index is 459. The first-order valence-electron chi connectivity index (χ1n) is 6.38. The van der Waals surface area contributed by atoms with Crippen molar-refractivity contribution in [3.63, 3.8) is 0 Å². The number of rotatable bonds is 9. The van der Waals surface area contributed by atoms with Crippen molar-refractivity contribution in [1.82, 2.24) is 4.72 Å². The van der Waals surface area contributed by atoms with Gasteiger partial charge in [0.2, 0.25) is 10.0 Å². The van der Waals surface area contributed by atoms with Gasteiger partial charge in [-0.1, -0.05) is 13.3 Å². The second kappa shape index (κ2) is 8.40. The van der Waals surface area contributed by atoms with E-state index >= 15 is 0 Å². The van der Waals surface area contributed by atoms with Gasteiger partial charge in [-0.25, -0.2) is 13.1 Å². The summed E-state index contributed by atoms with van der Waals surface area (Å²) in [6.45, 7) is 3.09. The highest BCUT2D eigenvalue weighted by Gasteiger charge is 2.12. The molecule has 0 aliphatic heterocycles. The van der Waals surface area contributed by atoms with Crippen molar-refractivity contribution in [2.24, 2.45) is 0 Å². The Kier molecular flexibility index (Phi) is 7.20. The molecule has 0 aliphatic carbocycles. The highest BCUT2D eigenvalue weighted by Crippen LogP contribution is 2.16. The molecule has 1 N–H and O–H groups in total. The first-order chi connectivity index (χ1) is 9.10. The molecule has 6 heteroatoms. The maximum absolute atomic E-state index is 11.9. The second-order valence-corrected chi connectivity index (χ2v) is 6.26. The molecule has 0 aliphatic rings.